The zero-order valence-corrected chi connectivity index (χ0v) is 14.7. The molecule has 0 aliphatic heterocycles. The Morgan fingerprint density at radius 1 is 0.824 bits per heavy atom. The number of rotatable bonds is 12. The van der Waals surface area contributed by atoms with E-state index in [2.05, 4.69) is 37.4 Å². The van der Waals surface area contributed by atoms with Crippen molar-refractivity contribution in [2.75, 3.05) is 35.5 Å². The van der Waals surface area contributed by atoms with Crippen LogP contribution in [0.4, 0.5) is 0 Å². The second-order valence-electron chi connectivity index (χ2n) is 3.25. The van der Waals surface area contributed by atoms with E-state index in [-0.39, 0.29) is 0 Å². The molecule has 0 rings (SSSR count). The summed E-state index contributed by atoms with van der Waals surface area (Å²) in [4.78, 5) is 0. The summed E-state index contributed by atoms with van der Waals surface area (Å²) < 4.78 is 0. The fraction of sp³-hybridized carbons (Fsp3) is 0.667. The summed E-state index contributed by atoms with van der Waals surface area (Å²) in [5.74, 6) is 4.86. The summed E-state index contributed by atoms with van der Waals surface area (Å²) in [7, 11) is 0. The van der Waals surface area contributed by atoms with Gasteiger partial charge in [0, 0.05) is 33.5 Å². The molecule has 0 heterocycles. The summed E-state index contributed by atoms with van der Waals surface area (Å²) in [6, 6.07) is 0. The molecule has 0 amide bonds. The number of thioether (sulfide) groups is 5. The summed E-state index contributed by atoms with van der Waals surface area (Å²) >= 11 is 9.67. The van der Waals surface area contributed by atoms with Crippen molar-refractivity contribution in [2.24, 2.45) is 0 Å². The van der Waals surface area contributed by atoms with Gasteiger partial charge in [0.05, 0.1) is 0 Å². The van der Waals surface area contributed by atoms with E-state index in [1.807, 2.05) is 57.9 Å². The first-order valence-electron chi connectivity index (χ1n) is 5.36. The van der Waals surface area contributed by atoms with Crippen molar-refractivity contribution < 1.29 is 0 Å². The van der Waals surface area contributed by atoms with E-state index in [0.29, 0.717) is 0 Å². The highest BCUT2D eigenvalue weighted by Crippen LogP contribution is 2.23. The Kier molecular flexibility index (Phi) is 14.6. The second kappa shape index (κ2) is 13.7. The van der Waals surface area contributed by atoms with Crippen molar-refractivity contribution in [1.29, 1.82) is 0 Å². The van der Waals surface area contributed by atoms with E-state index in [1.54, 1.807) is 0 Å². The summed E-state index contributed by atoms with van der Waals surface area (Å²) in [6.07, 6.45) is 4.41. The molecule has 0 saturated carbocycles. The van der Waals surface area contributed by atoms with E-state index in [0.717, 1.165) is 10.5 Å². The van der Waals surface area contributed by atoms with Crippen molar-refractivity contribution in [1.82, 2.24) is 0 Å². The first-order valence-corrected chi connectivity index (χ1v) is 11.2. The molecule has 0 aliphatic rings. The second-order valence-corrected chi connectivity index (χ2v) is 8.60. The van der Waals surface area contributed by atoms with Gasteiger partial charge in [-0.2, -0.15) is 35.3 Å². The highest BCUT2D eigenvalue weighted by atomic mass is 32.2. The first-order chi connectivity index (χ1) is 8.28. The Labute approximate surface area is 128 Å². The molecular weight excluding hydrogens is 304 g/mol. The van der Waals surface area contributed by atoms with Gasteiger partial charge in [-0.25, -0.2) is 0 Å². The van der Waals surface area contributed by atoms with Crippen LogP contribution in [0.15, 0.2) is 24.0 Å². The average molecular weight is 327 g/mol. The average Bonchev–Trinajstić information content (AvgIpc) is 2.37. The van der Waals surface area contributed by atoms with Crippen molar-refractivity contribution in [3.05, 3.63) is 24.0 Å². The monoisotopic (exact) mass is 326 g/mol. The Morgan fingerprint density at radius 2 is 1.24 bits per heavy atom. The molecule has 0 aromatic rings. The highest BCUT2D eigenvalue weighted by molar-refractivity contribution is 8.07. The highest BCUT2D eigenvalue weighted by Gasteiger charge is 2.10. The summed E-state index contributed by atoms with van der Waals surface area (Å²) in [5.41, 5.74) is 0. The third-order valence-corrected chi connectivity index (χ3v) is 7.86. The fourth-order valence-electron chi connectivity index (χ4n) is 1.05. The zero-order chi connectivity index (χ0) is 12.9. The van der Waals surface area contributed by atoms with Gasteiger partial charge in [0.1, 0.15) is 0 Å². The molecule has 0 aromatic heterocycles. The van der Waals surface area contributed by atoms with E-state index < -0.39 is 0 Å². The van der Waals surface area contributed by atoms with Gasteiger partial charge in [-0.3, -0.25) is 0 Å². The van der Waals surface area contributed by atoms with Gasteiger partial charge < -0.3 is 0 Å². The number of hydrogen-bond donors (Lipinski definition) is 0. The molecule has 0 N–H and O–H groups in total. The summed E-state index contributed by atoms with van der Waals surface area (Å²) in [6.45, 7) is 7.51. The van der Waals surface area contributed by atoms with Gasteiger partial charge in [-0.15, -0.1) is 23.5 Å². The Balaban J connectivity index is 3.68. The third kappa shape index (κ3) is 10.8. The minimum absolute atomic E-state index is 0.748. The fourth-order valence-corrected chi connectivity index (χ4v) is 6.41. The lowest BCUT2D eigenvalue weighted by molar-refractivity contribution is 1.12. The van der Waals surface area contributed by atoms with Crippen molar-refractivity contribution in [3.63, 3.8) is 0 Å². The van der Waals surface area contributed by atoms with Crippen LogP contribution in [0.3, 0.4) is 0 Å². The Bertz CT molecular complexity index is 175. The standard InChI is InChI=1S/C12H22S5/c1-5-15-7-11(13-3)9-17-10-12(14-4)8-16-6-2/h5-6,11-12H,1-2,7-10H2,3-4H3. The van der Waals surface area contributed by atoms with Gasteiger partial charge in [-0.1, -0.05) is 13.2 Å². The normalized spacial score (nSPS) is 14.2. The van der Waals surface area contributed by atoms with Gasteiger partial charge >= 0.3 is 0 Å². The lowest BCUT2D eigenvalue weighted by atomic mass is 10.5. The Hall–Kier alpha value is 1.23. The molecule has 0 aliphatic carbocycles. The minimum Gasteiger partial charge on any atom is -0.160 e. The molecule has 0 spiro atoms. The van der Waals surface area contributed by atoms with Gasteiger partial charge in [0.15, 0.2) is 0 Å². The molecule has 0 saturated heterocycles. The predicted octanol–water partition coefficient (Wildman–Crippen LogP) is 4.94. The molecule has 2 atom stereocenters. The van der Waals surface area contributed by atoms with Crippen molar-refractivity contribution >= 4 is 58.8 Å². The quantitative estimate of drug-likeness (QED) is 0.497. The lowest BCUT2D eigenvalue weighted by Gasteiger charge is -2.16. The van der Waals surface area contributed by atoms with Crippen molar-refractivity contribution in [3.8, 4) is 0 Å². The van der Waals surface area contributed by atoms with Crippen LogP contribution in [0, 0.1) is 0 Å². The molecule has 0 nitrogen and oxygen atoms in total. The van der Waals surface area contributed by atoms with Crippen molar-refractivity contribution in [2.45, 2.75) is 10.5 Å². The van der Waals surface area contributed by atoms with Crippen LogP contribution in [0.2, 0.25) is 0 Å². The lowest BCUT2D eigenvalue weighted by Crippen LogP contribution is -2.14. The van der Waals surface area contributed by atoms with Gasteiger partial charge in [0.25, 0.3) is 0 Å². The Morgan fingerprint density at radius 3 is 1.53 bits per heavy atom. The third-order valence-electron chi connectivity index (χ3n) is 2.07. The van der Waals surface area contributed by atoms with E-state index >= 15 is 0 Å². The van der Waals surface area contributed by atoms with E-state index in [1.165, 1.54) is 23.0 Å². The molecule has 0 radical (unpaired) electrons. The molecule has 0 bridgehead atoms. The smallest absolute Gasteiger partial charge is 0.0229 e. The number of hydrogen-bond acceptors (Lipinski definition) is 5. The molecule has 0 fully saturated rings. The van der Waals surface area contributed by atoms with Crippen LogP contribution in [-0.4, -0.2) is 46.0 Å². The molecule has 17 heavy (non-hydrogen) atoms. The molecule has 5 heteroatoms. The maximum atomic E-state index is 3.75. The van der Waals surface area contributed by atoms with Crippen LogP contribution in [0.1, 0.15) is 0 Å². The molecule has 100 valence electrons. The van der Waals surface area contributed by atoms with E-state index in [4.69, 9.17) is 0 Å². The van der Waals surface area contributed by atoms with Crippen LogP contribution in [-0.2, 0) is 0 Å². The predicted molar refractivity (Wildman–Crippen MR) is 97.2 cm³/mol. The largest absolute Gasteiger partial charge is 0.160 e. The van der Waals surface area contributed by atoms with Crippen LogP contribution in [0.5, 0.6) is 0 Å². The zero-order valence-electron chi connectivity index (χ0n) is 10.6. The molecule has 2 unspecified atom stereocenters. The van der Waals surface area contributed by atoms with Crippen LogP contribution < -0.4 is 0 Å². The molecular formula is C12H22S5. The summed E-state index contributed by atoms with van der Waals surface area (Å²) in [5, 5.41) is 5.38. The van der Waals surface area contributed by atoms with Gasteiger partial charge in [0.2, 0.25) is 0 Å². The SMILES string of the molecule is C=CSCC(CSCC(CSC=C)SC)SC. The van der Waals surface area contributed by atoms with Crippen LogP contribution in [0.25, 0.3) is 0 Å². The first kappa shape index (κ1) is 18.2. The van der Waals surface area contributed by atoms with E-state index in [9.17, 15) is 0 Å². The molecule has 0 aromatic carbocycles. The topological polar surface area (TPSA) is 0 Å². The van der Waals surface area contributed by atoms with Crippen LogP contribution >= 0.6 is 58.8 Å². The van der Waals surface area contributed by atoms with Gasteiger partial charge in [-0.05, 0) is 23.3 Å². The maximum absolute atomic E-state index is 3.75. The maximum Gasteiger partial charge on any atom is 0.0229 e. The minimum atomic E-state index is 0.748.